The number of halogens is 3. The summed E-state index contributed by atoms with van der Waals surface area (Å²) in [5.41, 5.74) is -2.13. The van der Waals surface area contributed by atoms with Crippen LogP contribution >= 0.6 is 0 Å². The maximum Gasteiger partial charge on any atom is 0.417 e. The smallest absolute Gasteiger partial charge is 0.417 e. The molecule has 2 fully saturated rings. The quantitative estimate of drug-likeness (QED) is 0.687. The summed E-state index contributed by atoms with van der Waals surface area (Å²) in [7, 11) is -4.41. The Bertz CT molecular complexity index is 1170. The topological polar surface area (TPSA) is 126 Å². The average molecular weight is 469 g/mol. The molecule has 2 heterocycles. The van der Waals surface area contributed by atoms with E-state index in [0.717, 1.165) is 12.1 Å². The van der Waals surface area contributed by atoms with Gasteiger partial charge in [0.25, 0.3) is 0 Å². The minimum absolute atomic E-state index is 0.114. The number of benzene rings is 1. The molecule has 0 unspecified atom stereocenters. The van der Waals surface area contributed by atoms with Gasteiger partial charge in [0, 0.05) is 31.0 Å². The fourth-order valence-electron chi connectivity index (χ4n) is 3.48. The molecule has 1 aliphatic carbocycles. The van der Waals surface area contributed by atoms with E-state index in [9.17, 15) is 26.4 Å². The highest BCUT2D eigenvalue weighted by atomic mass is 32.2. The monoisotopic (exact) mass is 469 g/mol. The van der Waals surface area contributed by atoms with Crippen LogP contribution in [-0.4, -0.2) is 47.6 Å². The molecular formula is C19H18F3N5O4S. The molecule has 4 rings (SSSR count). The van der Waals surface area contributed by atoms with Crippen LogP contribution in [0.25, 0.3) is 5.69 Å². The number of nitrogens with one attached hydrogen (secondary N) is 2. The molecule has 1 aliphatic heterocycles. The van der Waals surface area contributed by atoms with Crippen molar-refractivity contribution in [1.29, 1.82) is 5.26 Å². The summed E-state index contributed by atoms with van der Waals surface area (Å²) in [4.78, 5) is 14.9. The highest BCUT2D eigenvalue weighted by Crippen LogP contribution is 2.38. The summed E-state index contributed by atoms with van der Waals surface area (Å²) >= 11 is 0. The zero-order valence-electron chi connectivity index (χ0n) is 16.5. The van der Waals surface area contributed by atoms with Crippen molar-refractivity contribution in [3.05, 3.63) is 42.5 Å². The Morgan fingerprint density at radius 1 is 1.38 bits per heavy atom. The molecule has 0 bridgehead atoms. The van der Waals surface area contributed by atoms with Crippen molar-refractivity contribution >= 4 is 15.9 Å². The number of carbonyl (C=O) groups is 1. The lowest BCUT2D eigenvalue weighted by atomic mass is 10.2. The highest BCUT2D eigenvalue weighted by molar-refractivity contribution is 7.92. The Balaban J connectivity index is 1.53. The summed E-state index contributed by atoms with van der Waals surface area (Å²) < 4.78 is 73.7. The maximum atomic E-state index is 13.7. The van der Waals surface area contributed by atoms with Gasteiger partial charge < -0.3 is 14.6 Å². The fraction of sp³-hybridized carbons (Fsp3) is 0.421. The largest absolute Gasteiger partial charge is 0.430 e. The SMILES string of the molecule is N#CC1(NC(=O)O[C@H]2C[C@@H](S(=O)(=O)c3ccc(-n4ccnc4)cc3C(F)(F)F)CN2)CC1. The lowest BCUT2D eigenvalue weighted by molar-refractivity contribution is -0.139. The molecule has 0 radical (unpaired) electrons. The number of hydrogen-bond acceptors (Lipinski definition) is 7. The second-order valence-corrected chi connectivity index (χ2v) is 9.87. The van der Waals surface area contributed by atoms with Gasteiger partial charge in [-0.25, -0.2) is 18.2 Å². The Morgan fingerprint density at radius 3 is 2.72 bits per heavy atom. The number of ether oxygens (including phenoxy) is 1. The summed E-state index contributed by atoms with van der Waals surface area (Å²) in [6.45, 7) is -0.190. The fourth-order valence-corrected chi connectivity index (χ4v) is 5.32. The zero-order chi connectivity index (χ0) is 23.1. The predicted molar refractivity (Wildman–Crippen MR) is 103 cm³/mol. The molecule has 2 aromatic rings. The minimum Gasteiger partial charge on any atom is -0.430 e. The number of alkyl carbamates (subject to hydrolysis) is 1. The number of nitrogens with zero attached hydrogens (tertiary/aromatic N) is 3. The van der Waals surface area contributed by atoms with Gasteiger partial charge in [-0.3, -0.25) is 5.32 Å². The zero-order valence-corrected chi connectivity index (χ0v) is 17.3. The van der Waals surface area contributed by atoms with Crippen molar-refractivity contribution in [2.45, 2.75) is 47.4 Å². The molecule has 9 nitrogen and oxygen atoms in total. The second kappa shape index (κ2) is 7.79. The van der Waals surface area contributed by atoms with E-state index in [4.69, 9.17) is 10.00 Å². The number of amides is 1. The normalized spacial score (nSPS) is 22.2. The van der Waals surface area contributed by atoms with E-state index in [-0.39, 0.29) is 18.7 Å². The molecule has 32 heavy (non-hydrogen) atoms. The van der Waals surface area contributed by atoms with Crippen LogP contribution in [-0.2, 0) is 20.8 Å². The first-order chi connectivity index (χ1) is 15.0. The van der Waals surface area contributed by atoms with Gasteiger partial charge in [0.1, 0.15) is 5.54 Å². The lowest BCUT2D eigenvalue weighted by Crippen LogP contribution is -2.40. The van der Waals surface area contributed by atoms with E-state index in [2.05, 4.69) is 15.6 Å². The molecule has 1 aromatic heterocycles. The van der Waals surface area contributed by atoms with E-state index in [1.807, 2.05) is 6.07 Å². The third kappa shape index (κ3) is 4.28. The number of sulfone groups is 1. The van der Waals surface area contributed by atoms with Crippen LogP contribution in [0.2, 0.25) is 0 Å². The molecular weight excluding hydrogens is 451 g/mol. The third-order valence-corrected chi connectivity index (χ3v) is 7.63. The molecule has 2 aliphatic rings. The van der Waals surface area contributed by atoms with Crippen molar-refractivity contribution < 1.29 is 31.1 Å². The van der Waals surface area contributed by atoms with Crippen LogP contribution in [0.5, 0.6) is 0 Å². The van der Waals surface area contributed by atoms with Crippen LogP contribution in [0, 0.1) is 11.3 Å². The van der Waals surface area contributed by atoms with Gasteiger partial charge in [0.15, 0.2) is 16.1 Å². The van der Waals surface area contributed by atoms with Crippen LogP contribution in [0.15, 0.2) is 41.8 Å². The van der Waals surface area contributed by atoms with E-state index >= 15 is 0 Å². The number of hydrogen-bond donors (Lipinski definition) is 2. The van der Waals surface area contributed by atoms with E-state index in [1.54, 1.807) is 0 Å². The standard InChI is InChI=1S/C19H18F3N5O4S/c20-19(21,22)14-7-12(27-6-5-24-11-27)1-2-15(14)32(29,30)13-8-16(25-9-13)31-17(28)26-18(10-23)3-4-18/h1-2,5-7,11,13,16,25H,3-4,8-9H2,(H,26,28)/t13-,16+/m1/s1. The summed E-state index contributed by atoms with van der Waals surface area (Å²) in [6, 6.07) is 4.91. The van der Waals surface area contributed by atoms with Crippen LogP contribution < -0.4 is 10.6 Å². The van der Waals surface area contributed by atoms with Crippen molar-refractivity contribution in [3.8, 4) is 11.8 Å². The Kier molecular flexibility index (Phi) is 5.38. The molecule has 1 amide bonds. The number of imidazole rings is 1. The van der Waals surface area contributed by atoms with Crippen molar-refractivity contribution in [2.75, 3.05) is 6.54 Å². The molecule has 13 heteroatoms. The number of nitriles is 1. The van der Waals surface area contributed by atoms with Gasteiger partial charge in [-0.15, -0.1) is 0 Å². The minimum atomic E-state index is -4.91. The predicted octanol–water partition coefficient (Wildman–Crippen LogP) is 2.14. The molecule has 1 aromatic carbocycles. The van der Waals surface area contributed by atoms with E-state index in [0.29, 0.717) is 12.8 Å². The summed E-state index contributed by atoms with van der Waals surface area (Å²) in [5, 5.41) is 12.9. The van der Waals surface area contributed by atoms with Gasteiger partial charge >= 0.3 is 12.3 Å². The average Bonchev–Trinajstić information content (AvgIpc) is 3.11. The number of rotatable bonds is 5. The van der Waals surface area contributed by atoms with Gasteiger partial charge in [-0.1, -0.05) is 0 Å². The first-order valence-corrected chi connectivity index (χ1v) is 11.2. The first-order valence-electron chi connectivity index (χ1n) is 9.61. The van der Waals surface area contributed by atoms with E-state index < -0.39 is 49.6 Å². The molecule has 170 valence electrons. The molecule has 2 atom stereocenters. The van der Waals surface area contributed by atoms with Gasteiger partial charge in [-0.2, -0.15) is 18.4 Å². The summed E-state index contributed by atoms with van der Waals surface area (Å²) in [5.74, 6) is 0. The first kappa shape index (κ1) is 22.1. The maximum absolute atomic E-state index is 13.7. The van der Waals surface area contributed by atoms with Gasteiger partial charge in [0.05, 0.1) is 28.1 Å². The van der Waals surface area contributed by atoms with Crippen molar-refractivity contribution in [3.63, 3.8) is 0 Å². The third-order valence-electron chi connectivity index (χ3n) is 5.42. The Labute approximate surface area is 181 Å². The van der Waals surface area contributed by atoms with Crippen molar-refractivity contribution in [2.24, 2.45) is 0 Å². The molecule has 2 N–H and O–H groups in total. The highest BCUT2D eigenvalue weighted by Gasteiger charge is 2.46. The summed E-state index contributed by atoms with van der Waals surface area (Å²) in [6.07, 6.45) is -1.92. The Morgan fingerprint density at radius 2 is 2.12 bits per heavy atom. The van der Waals surface area contributed by atoms with Crippen LogP contribution in [0.1, 0.15) is 24.8 Å². The Hall–Kier alpha value is -3.11. The van der Waals surface area contributed by atoms with Crippen molar-refractivity contribution in [1.82, 2.24) is 20.2 Å². The number of carbonyl (C=O) groups excluding carboxylic acids is 1. The molecule has 1 saturated heterocycles. The number of aromatic nitrogens is 2. The lowest BCUT2D eigenvalue weighted by Gasteiger charge is -2.18. The molecule has 0 spiro atoms. The van der Waals surface area contributed by atoms with E-state index in [1.165, 1.54) is 29.4 Å². The van der Waals surface area contributed by atoms with Crippen LogP contribution in [0.4, 0.5) is 18.0 Å². The second-order valence-electron chi connectivity index (χ2n) is 7.67. The van der Waals surface area contributed by atoms with Gasteiger partial charge in [0.2, 0.25) is 0 Å². The molecule has 1 saturated carbocycles. The van der Waals surface area contributed by atoms with Crippen LogP contribution in [0.3, 0.4) is 0 Å². The van der Waals surface area contributed by atoms with Gasteiger partial charge in [-0.05, 0) is 31.0 Å². The number of alkyl halides is 3.